The van der Waals surface area contributed by atoms with Gasteiger partial charge in [0.1, 0.15) is 13.2 Å². The molecule has 0 aromatic carbocycles. The van der Waals surface area contributed by atoms with Crippen LogP contribution in [0.25, 0.3) is 0 Å². The van der Waals surface area contributed by atoms with Crippen molar-refractivity contribution in [1.29, 1.82) is 0 Å². The molecule has 0 aliphatic rings. The summed E-state index contributed by atoms with van der Waals surface area (Å²) < 4.78 is 16.8. The number of hydrogen-bond donors (Lipinski definition) is 0. The molecular formula is C55H106O6. The van der Waals surface area contributed by atoms with Crippen LogP contribution in [-0.2, 0) is 28.6 Å². The summed E-state index contributed by atoms with van der Waals surface area (Å²) in [7, 11) is 0. The molecule has 0 radical (unpaired) electrons. The van der Waals surface area contributed by atoms with Crippen LogP contribution in [0, 0.1) is 17.8 Å². The second-order valence-electron chi connectivity index (χ2n) is 20.3. The topological polar surface area (TPSA) is 78.9 Å². The molecule has 0 N–H and O–H groups in total. The standard InChI is InChI=1S/C55H106O6/c1-49(2)41-35-29-23-18-14-11-9-7-8-10-12-16-21-27-34-40-46-55(58)61-52(48-60-54(57)45-39-33-28-22-25-31-37-43-51(5)6)47-59-53(56)44-38-32-26-20-17-13-15-19-24-30-36-42-50(3)4/h49-52H,7-48H2,1-6H3/t52-/m1/s1. The van der Waals surface area contributed by atoms with Gasteiger partial charge in [0.15, 0.2) is 6.10 Å². The smallest absolute Gasteiger partial charge is 0.306 e. The minimum atomic E-state index is -0.763. The van der Waals surface area contributed by atoms with E-state index in [1.54, 1.807) is 0 Å². The van der Waals surface area contributed by atoms with Crippen LogP contribution in [0.5, 0.6) is 0 Å². The summed E-state index contributed by atoms with van der Waals surface area (Å²) in [6.07, 6.45) is 46.7. The minimum absolute atomic E-state index is 0.0648. The van der Waals surface area contributed by atoms with Gasteiger partial charge in [-0.05, 0) is 37.0 Å². The van der Waals surface area contributed by atoms with Gasteiger partial charge in [-0.25, -0.2) is 0 Å². The number of carbonyl (C=O) groups excluding carboxylic acids is 3. The van der Waals surface area contributed by atoms with E-state index in [2.05, 4.69) is 41.5 Å². The Balaban J connectivity index is 4.26. The van der Waals surface area contributed by atoms with Gasteiger partial charge in [-0.3, -0.25) is 14.4 Å². The van der Waals surface area contributed by atoms with E-state index >= 15 is 0 Å². The quantitative estimate of drug-likeness (QED) is 0.0344. The van der Waals surface area contributed by atoms with Crippen molar-refractivity contribution in [3.63, 3.8) is 0 Å². The highest BCUT2D eigenvalue weighted by atomic mass is 16.6. The number of hydrogen-bond acceptors (Lipinski definition) is 6. The first-order valence-electron chi connectivity index (χ1n) is 27.1. The molecule has 0 saturated heterocycles. The first kappa shape index (κ1) is 59.4. The van der Waals surface area contributed by atoms with Crippen molar-refractivity contribution in [2.45, 2.75) is 304 Å². The van der Waals surface area contributed by atoms with Gasteiger partial charge in [-0.15, -0.1) is 0 Å². The molecular weight excluding hydrogens is 757 g/mol. The van der Waals surface area contributed by atoms with Crippen LogP contribution in [-0.4, -0.2) is 37.2 Å². The minimum Gasteiger partial charge on any atom is -0.462 e. The first-order chi connectivity index (χ1) is 29.6. The summed E-state index contributed by atoms with van der Waals surface area (Å²) in [6, 6.07) is 0. The number of carbonyl (C=O) groups is 3. The van der Waals surface area contributed by atoms with E-state index < -0.39 is 6.10 Å². The fourth-order valence-electron chi connectivity index (χ4n) is 8.29. The third-order valence-corrected chi connectivity index (χ3v) is 12.4. The molecule has 0 aromatic heterocycles. The number of rotatable bonds is 48. The summed E-state index contributed by atoms with van der Waals surface area (Å²) in [6.45, 7) is 13.7. The zero-order chi connectivity index (χ0) is 44.9. The van der Waals surface area contributed by atoms with Crippen molar-refractivity contribution in [2.75, 3.05) is 13.2 Å². The largest absolute Gasteiger partial charge is 0.462 e. The van der Waals surface area contributed by atoms with Gasteiger partial charge in [-0.1, -0.05) is 260 Å². The predicted molar refractivity (Wildman–Crippen MR) is 261 cm³/mol. The van der Waals surface area contributed by atoms with Crippen LogP contribution >= 0.6 is 0 Å². The van der Waals surface area contributed by atoms with Crippen LogP contribution < -0.4 is 0 Å². The molecule has 0 heterocycles. The molecule has 61 heavy (non-hydrogen) atoms. The van der Waals surface area contributed by atoms with Crippen LogP contribution in [0.1, 0.15) is 298 Å². The second-order valence-corrected chi connectivity index (χ2v) is 20.3. The van der Waals surface area contributed by atoms with Gasteiger partial charge < -0.3 is 14.2 Å². The monoisotopic (exact) mass is 863 g/mol. The molecule has 1 atom stereocenters. The van der Waals surface area contributed by atoms with E-state index in [1.165, 1.54) is 180 Å². The van der Waals surface area contributed by atoms with Gasteiger partial charge in [0.05, 0.1) is 0 Å². The lowest BCUT2D eigenvalue weighted by atomic mass is 10.0. The van der Waals surface area contributed by atoms with Crippen LogP contribution in [0.3, 0.4) is 0 Å². The lowest BCUT2D eigenvalue weighted by Gasteiger charge is -2.18. The van der Waals surface area contributed by atoms with Gasteiger partial charge in [-0.2, -0.15) is 0 Å². The Hall–Kier alpha value is -1.59. The maximum Gasteiger partial charge on any atom is 0.306 e. The van der Waals surface area contributed by atoms with Crippen molar-refractivity contribution in [1.82, 2.24) is 0 Å². The third kappa shape index (κ3) is 49.3. The summed E-state index contributed by atoms with van der Waals surface area (Å²) in [5.74, 6) is 1.61. The maximum absolute atomic E-state index is 12.8. The molecule has 0 unspecified atom stereocenters. The van der Waals surface area contributed by atoms with Crippen molar-refractivity contribution in [3.05, 3.63) is 0 Å². The molecule has 0 spiro atoms. The summed E-state index contributed by atoms with van der Waals surface area (Å²) in [4.78, 5) is 38.0. The fraction of sp³-hybridized carbons (Fsp3) is 0.945. The van der Waals surface area contributed by atoms with Crippen molar-refractivity contribution >= 4 is 17.9 Å². The molecule has 0 aliphatic carbocycles. The van der Waals surface area contributed by atoms with E-state index in [0.717, 1.165) is 75.5 Å². The molecule has 6 nitrogen and oxygen atoms in total. The van der Waals surface area contributed by atoms with E-state index in [-0.39, 0.29) is 31.1 Å². The van der Waals surface area contributed by atoms with Crippen molar-refractivity contribution in [2.24, 2.45) is 17.8 Å². The normalized spacial score (nSPS) is 12.1. The van der Waals surface area contributed by atoms with E-state index in [0.29, 0.717) is 19.3 Å². The average molecular weight is 863 g/mol. The number of unbranched alkanes of at least 4 members (excludes halogenated alkanes) is 31. The van der Waals surface area contributed by atoms with Gasteiger partial charge >= 0.3 is 17.9 Å². The van der Waals surface area contributed by atoms with Gasteiger partial charge in [0.25, 0.3) is 0 Å². The van der Waals surface area contributed by atoms with Gasteiger partial charge in [0, 0.05) is 19.3 Å². The van der Waals surface area contributed by atoms with Crippen molar-refractivity contribution in [3.8, 4) is 0 Å². The van der Waals surface area contributed by atoms with E-state index in [4.69, 9.17) is 14.2 Å². The molecule has 0 amide bonds. The van der Waals surface area contributed by atoms with E-state index in [1.807, 2.05) is 0 Å². The molecule has 0 fully saturated rings. The molecule has 0 rings (SSSR count). The molecule has 362 valence electrons. The SMILES string of the molecule is CC(C)CCCCCCCCCCCCCCCCCCC(=O)O[C@H](COC(=O)CCCCCCCCCCCCCC(C)C)COC(=O)CCCCCCCCCC(C)C. The van der Waals surface area contributed by atoms with Crippen molar-refractivity contribution < 1.29 is 28.6 Å². The Morgan fingerprint density at radius 3 is 0.705 bits per heavy atom. The average Bonchev–Trinajstić information content (AvgIpc) is 3.22. The summed E-state index contributed by atoms with van der Waals surface area (Å²) in [5.41, 5.74) is 0. The Morgan fingerprint density at radius 2 is 0.475 bits per heavy atom. The zero-order valence-corrected chi connectivity index (χ0v) is 42.0. The Bertz CT molecular complexity index is 945. The highest BCUT2D eigenvalue weighted by molar-refractivity contribution is 5.71. The number of ether oxygens (including phenoxy) is 3. The second kappa shape index (κ2) is 46.4. The maximum atomic E-state index is 12.8. The highest BCUT2D eigenvalue weighted by Crippen LogP contribution is 2.18. The summed E-state index contributed by atoms with van der Waals surface area (Å²) in [5, 5.41) is 0. The zero-order valence-electron chi connectivity index (χ0n) is 42.0. The lowest BCUT2D eigenvalue weighted by molar-refractivity contribution is -0.167. The predicted octanol–water partition coefficient (Wildman–Crippen LogP) is 17.6. The molecule has 0 saturated carbocycles. The highest BCUT2D eigenvalue weighted by Gasteiger charge is 2.19. The number of esters is 3. The Kier molecular flexibility index (Phi) is 45.2. The van der Waals surface area contributed by atoms with Crippen LogP contribution in [0.4, 0.5) is 0 Å². The molecule has 0 bridgehead atoms. The van der Waals surface area contributed by atoms with Crippen LogP contribution in [0.15, 0.2) is 0 Å². The van der Waals surface area contributed by atoms with E-state index in [9.17, 15) is 14.4 Å². The Morgan fingerprint density at radius 1 is 0.279 bits per heavy atom. The van der Waals surface area contributed by atoms with Gasteiger partial charge in [0.2, 0.25) is 0 Å². The molecule has 6 heteroatoms. The lowest BCUT2D eigenvalue weighted by Crippen LogP contribution is -2.30. The fourth-order valence-corrected chi connectivity index (χ4v) is 8.29. The molecule has 0 aromatic rings. The van der Waals surface area contributed by atoms with Crippen LogP contribution in [0.2, 0.25) is 0 Å². The Labute approximate surface area is 380 Å². The third-order valence-electron chi connectivity index (χ3n) is 12.4. The first-order valence-corrected chi connectivity index (χ1v) is 27.1. The summed E-state index contributed by atoms with van der Waals surface area (Å²) >= 11 is 0. The molecule has 0 aliphatic heterocycles.